The molecule has 0 saturated carbocycles. The molecule has 0 aliphatic carbocycles. The summed E-state index contributed by atoms with van der Waals surface area (Å²) >= 11 is 18.9. The van der Waals surface area contributed by atoms with Crippen LogP contribution in [0.2, 0.25) is 10.0 Å². The van der Waals surface area contributed by atoms with E-state index in [1.54, 1.807) is 54.6 Å². The van der Waals surface area contributed by atoms with Crippen molar-refractivity contribution >= 4 is 73.0 Å². The van der Waals surface area contributed by atoms with Crippen molar-refractivity contribution in [2.24, 2.45) is 4.99 Å². The zero-order valence-corrected chi connectivity index (χ0v) is 20.7. The van der Waals surface area contributed by atoms with Gasteiger partial charge in [-0.2, -0.15) is 0 Å². The molecule has 1 aliphatic heterocycles. The number of ether oxygens (including phenoxy) is 2. The summed E-state index contributed by atoms with van der Waals surface area (Å²) in [5.74, 6) is -0.276. The van der Waals surface area contributed by atoms with Crippen molar-refractivity contribution in [1.29, 1.82) is 0 Å². The van der Waals surface area contributed by atoms with Crippen LogP contribution < -0.4 is 4.74 Å². The van der Waals surface area contributed by atoms with Gasteiger partial charge >= 0.3 is 5.97 Å². The van der Waals surface area contributed by atoms with E-state index in [-0.39, 0.29) is 24.0 Å². The Bertz CT molecular complexity index is 1270. The van der Waals surface area contributed by atoms with Gasteiger partial charge in [-0.15, -0.1) is 0 Å². The average molecular weight is 600 g/mol. The molecule has 0 amide bonds. The highest BCUT2D eigenvalue weighted by molar-refractivity contribution is 9.11. The number of cyclic esters (lactones) is 1. The Kier molecular flexibility index (Phi) is 7.00. The summed E-state index contributed by atoms with van der Waals surface area (Å²) in [4.78, 5) is 16.6. The molecule has 0 spiro atoms. The average Bonchev–Trinajstić information content (AvgIpc) is 3.11. The number of hydrogen-bond acceptors (Lipinski definition) is 4. The number of aliphatic imine (C=N–C) groups is 1. The smallest absolute Gasteiger partial charge is 0.363 e. The molecule has 1 aliphatic rings. The van der Waals surface area contributed by atoms with Gasteiger partial charge in [0.05, 0.1) is 19.0 Å². The van der Waals surface area contributed by atoms with E-state index in [9.17, 15) is 9.18 Å². The molecule has 162 valence electrons. The van der Waals surface area contributed by atoms with Crippen molar-refractivity contribution in [1.82, 2.24) is 0 Å². The fourth-order valence-electron chi connectivity index (χ4n) is 2.89. The summed E-state index contributed by atoms with van der Waals surface area (Å²) in [6.07, 6.45) is 1.59. The van der Waals surface area contributed by atoms with Gasteiger partial charge in [-0.25, -0.2) is 14.2 Å². The Hall–Kier alpha value is -2.19. The lowest BCUT2D eigenvalue weighted by Gasteiger charge is -2.12. The van der Waals surface area contributed by atoms with E-state index in [0.717, 1.165) is 0 Å². The number of rotatable bonds is 5. The Labute approximate surface area is 209 Å². The largest absolute Gasteiger partial charge is 0.486 e. The van der Waals surface area contributed by atoms with Gasteiger partial charge in [0.15, 0.2) is 5.70 Å². The number of carbonyl (C=O) groups is 1. The number of carbonyl (C=O) groups excluding carboxylic acids is 1. The number of halogens is 5. The topological polar surface area (TPSA) is 47.9 Å². The molecule has 9 heteroatoms. The maximum atomic E-state index is 13.8. The van der Waals surface area contributed by atoms with Gasteiger partial charge in [-0.1, -0.05) is 41.4 Å². The van der Waals surface area contributed by atoms with Crippen LogP contribution in [0.1, 0.15) is 16.7 Å². The molecule has 1 heterocycles. The lowest BCUT2D eigenvalue weighted by atomic mass is 10.2. The Morgan fingerprint density at radius 3 is 2.44 bits per heavy atom. The molecule has 0 radical (unpaired) electrons. The van der Waals surface area contributed by atoms with Gasteiger partial charge in [0.2, 0.25) is 5.90 Å². The monoisotopic (exact) mass is 597 g/mol. The summed E-state index contributed by atoms with van der Waals surface area (Å²) in [7, 11) is 0. The molecule has 4 rings (SSSR count). The lowest BCUT2D eigenvalue weighted by Crippen LogP contribution is -2.05. The Balaban J connectivity index is 1.57. The molecule has 4 nitrogen and oxygen atoms in total. The van der Waals surface area contributed by atoms with Gasteiger partial charge in [0, 0.05) is 11.1 Å². The molecular formula is C23H12Br2Cl2FNO3. The summed E-state index contributed by atoms with van der Waals surface area (Å²) in [5, 5.41) is 0.724. The first-order chi connectivity index (χ1) is 15.3. The van der Waals surface area contributed by atoms with Crippen LogP contribution in [0.4, 0.5) is 4.39 Å². The predicted molar refractivity (Wildman–Crippen MR) is 130 cm³/mol. The van der Waals surface area contributed by atoms with Gasteiger partial charge < -0.3 is 9.47 Å². The van der Waals surface area contributed by atoms with Crippen LogP contribution in [0.5, 0.6) is 5.75 Å². The Morgan fingerprint density at radius 1 is 1.03 bits per heavy atom. The van der Waals surface area contributed by atoms with Crippen LogP contribution in [0.15, 0.2) is 74.2 Å². The maximum absolute atomic E-state index is 13.8. The molecule has 0 unspecified atom stereocenters. The van der Waals surface area contributed by atoms with Gasteiger partial charge in [-0.05, 0) is 79.9 Å². The van der Waals surface area contributed by atoms with E-state index in [0.29, 0.717) is 41.4 Å². The molecular weight excluding hydrogens is 588 g/mol. The number of esters is 1. The summed E-state index contributed by atoms with van der Waals surface area (Å²) in [5.41, 5.74) is 1.78. The van der Waals surface area contributed by atoms with Crippen LogP contribution in [-0.4, -0.2) is 11.9 Å². The Morgan fingerprint density at radius 2 is 1.75 bits per heavy atom. The quantitative estimate of drug-likeness (QED) is 0.224. The SMILES string of the molecule is O=C1OC(c2ccc(Cl)c(Cl)c2)=N/C1=C\c1cc(Br)c(OCc2ccccc2F)c(Br)c1. The highest BCUT2D eigenvalue weighted by Crippen LogP contribution is 2.36. The number of benzene rings is 3. The molecule has 0 aromatic heterocycles. The zero-order chi connectivity index (χ0) is 22.8. The van der Waals surface area contributed by atoms with Crippen molar-refractivity contribution in [2.45, 2.75) is 6.61 Å². The predicted octanol–water partition coefficient (Wildman–Crippen LogP) is 7.58. The summed E-state index contributed by atoms with van der Waals surface area (Å²) in [6, 6.07) is 14.8. The lowest BCUT2D eigenvalue weighted by molar-refractivity contribution is -0.129. The van der Waals surface area contributed by atoms with Crippen LogP contribution in [0, 0.1) is 5.82 Å². The zero-order valence-electron chi connectivity index (χ0n) is 16.0. The summed E-state index contributed by atoms with van der Waals surface area (Å²) in [6.45, 7) is 0.0634. The van der Waals surface area contributed by atoms with Crippen molar-refractivity contribution in [3.8, 4) is 5.75 Å². The molecule has 3 aromatic carbocycles. The van der Waals surface area contributed by atoms with E-state index in [4.69, 9.17) is 32.7 Å². The van der Waals surface area contributed by atoms with Gasteiger partial charge in [-0.3, -0.25) is 0 Å². The highest BCUT2D eigenvalue weighted by atomic mass is 79.9. The second-order valence-electron chi connectivity index (χ2n) is 6.66. The first kappa shape index (κ1) is 23.0. The van der Waals surface area contributed by atoms with E-state index < -0.39 is 5.97 Å². The molecule has 0 atom stereocenters. The maximum Gasteiger partial charge on any atom is 0.363 e. The second kappa shape index (κ2) is 9.75. The third-order valence-electron chi connectivity index (χ3n) is 4.44. The van der Waals surface area contributed by atoms with Crippen LogP contribution in [-0.2, 0) is 16.1 Å². The minimum atomic E-state index is -0.585. The third kappa shape index (κ3) is 5.07. The van der Waals surface area contributed by atoms with Crippen molar-refractivity contribution in [3.05, 3.63) is 102 Å². The third-order valence-corrected chi connectivity index (χ3v) is 6.36. The minimum absolute atomic E-state index is 0.0634. The first-order valence-electron chi connectivity index (χ1n) is 9.15. The van der Waals surface area contributed by atoms with Crippen LogP contribution >= 0.6 is 55.1 Å². The molecule has 0 saturated heterocycles. The first-order valence-corrected chi connectivity index (χ1v) is 11.5. The van der Waals surface area contributed by atoms with Crippen molar-refractivity contribution in [2.75, 3.05) is 0 Å². The van der Waals surface area contributed by atoms with Crippen LogP contribution in [0.25, 0.3) is 6.08 Å². The van der Waals surface area contributed by atoms with E-state index in [1.807, 2.05) is 0 Å². The number of nitrogens with zero attached hydrogens (tertiary/aromatic N) is 1. The van der Waals surface area contributed by atoms with Crippen molar-refractivity contribution < 1.29 is 18.7 Å². The fourth-order valence-corrected chi connectivity index (χ4v) is 4.63. The van der Waals surface area contributed by atoms with E-state index in [2.05, 4.69) is 36.9 Å². The highest BCUT2D eigenvalue weighted by Gasteiger charge is 2.25. The van der Waals surface area contributed by atoms with Crippen LogP contribution in [0.3, 0.4) is 0 Å². The second-order valence-corrected chi connectivity index (χ2v) is 9.18. The molecule has 0 bridgehead atoms. The van der Waals surface area contributed by atoms with E-state index >= 15 is 0 Å². The molecule has 32 heavy (non-hydrogen) atoms. The summed E-state index contributed by atoms with van der Waals surface area (Å²) < 4.78 is 26.1. The van der Waals surface area contributed by atoms with Crippen molar-refractivity contribution in [3.63, 3.8) is 0 Å². The molecule has 3 aromatic rings. The molecule has 0 N–H and O–H groups in total. The fraction of sp³-hybridized carbons (Fsp3) is 0.0435. The minimum Gasteiger partial charge on any atom is -0.486 e. The number of hydrogen-bond donors (Lipinski definition) is 0. The molecule has 0 fully saturated rings. The van der Waals surface area contributed by atoms with Gasteiger partial charge in [0.1, 0.15) is 18.2 Å². The normalized spacial score (nSPS) is 14.5. The van der Waals surface area contributed by atoms with Gasteiger partial charge in [0.25, 0.3) is 0 Å². The standard InChI is InChI=1S/C23H12Br2Cl2FNO3/c24-15-7-12(8-16(25)21(15)31-11-14-3-1-2-4-19(14)28)9-20-23(30)32-22(29-20)13-5-6-17(26)18(27)10-13/h1-10H,11H2/b20-9-. The van der Waals surface area contributed by atoms with E-state index in [1.165, 1.54) is 6.07 Å².